The lowest BCUT2D eigenvalue weighted by Gasteiger charge is -2.29. The lowest BCUT2D eigenvalue weighted by molar-refractivity contribution is -0.873. The predicted molar refractivity (Wildman–Crippen MR) is 106 cm³/mol. The van der Waals surface area contributed by atoms with Crippen molar-refractivity contribution in [1.29, 1.82) is 1.43 Å². The minimum Gasteiger partial charge on any atom is -0.329 e. The topological polar surface area (TPSA) is 66.8 Å². The quantitative estimate of drug-likeness (QED) is 0.233. The van der Waals surface area contributed by atoms with Gasteiger partial charge in [0.15, 0.2) is 0 Å². The molecule has 0 saturated heterocycles. The van der Waals surface area contributed by atoms with E-state index in [1.54, 1.807) is 0 Å². The van der Waals surface area contributed by atoms with Crippen molar-refractivity contribution in [2.45, 2.75) is 95.8 Å². The minimum atomic E-state index is -6.88. The molecule has 0 aliphatic rings. The molecule has 5 nitrogen and oxygen atoms in total. The Bertz CT molecular complexity index is 1810. The maximum Gasteiger partial charge on any atom is 0.470 e. The summed E-state index contributed by atoms with van der Waals surface area (Å²) in [5.41, 5.74) is 0. The van der Waals surface area contributed by atoms with Crippen LogP contribution in [0.25, 0.3) is 0 Å². The molecule has 0 bridgehead atoms. The Morgan fingerprint density at radius 2 is 1.56 bits per heavy atom. The summed E-state index contributed by atoms with van der Waals surface area (Å²) in [6.45, 7) is -25.1. The average Bonchev–Trinajstić information content (AvgIpc) is 3.04. The Balaban J connectivity index is 8.68. The van der Waals surface area contributed by atoms with Gasteiger partial charge in [-0.05, 0) is 6.37 Å². The first kappa shape index (κ1) is 3.33. The van der Waals surface area contributed by atoms with Crippen LogP contribution in [0.2, 0.25) is 0 Å². The molecular formula is C19H43NO4P+. The van der Waals surface area contributed by atoms with Gasteiger partial charge in [0.2, 0.25) is 1.43 Å². The number of likely N-dealkylation sites (N-methyl/N-ethyl adjacent to an activating group) is 1. The fourth-order valence-electron chi connectivity index (χ4n) is 0.739. The molecule has 2 atom stereocenters. The van der Waals surface area contributed by atoms with E-state index in [1.165, 1.54) is 0 Å². The van der Waals surface area contributed by atoms with Gasteiger partial charge in [0.25, 0.3) is 0 Å². The van der Waals surface area contributed by atoms with E-state index < -0.39 is 136 Å². The monoisotopic (exact) mass is 423 g/mol. The zero-order valence-corrected chi connectivity index (χ0v) is 13.0. The van der Waals surface area contributed by atoms with Crippen LogP contribution < -0.4 is 0 Å². The summed E-state index contributed by atoms with van der Waals surface area (Å²) in [6.07, 6.45) is -75.3. The number of hydrogen-bond donors (Lipinski definition) is 2. The van der Waals surface area contributed by atoms with E-state index in [4.69, 9.17) is 57.6 Å². The molecule has 25 heavy (non-hydrogen) atoms. The summed E-state index contributed by atoms with van der Waals surface area (Å²) in [6, 6.07) is 0. The molecule has 0 aliphatic carbocycles. The Labute approximate surface area is 215 Å². The Morgan fingerprint density at radius 3 is 2.04 bits per heavy atom. The van der Waals surface area contributed by atoms with Crippen molar-refractivity contribution >= 4 is 7.82 Å². The third-order valence-electron chi connectivity index (χ3n) is 1.34. The van der Waals surface area contributed by atoms with Gasteiger partial charge in [0.05, 0.1) is 37.4 Å². The van der Waals surface area contributed by atoms with Crippen LogP contribution in [0.4, 0.5) is 0 Å². The summed E-state index contributed by atoms with van der Waals surface area (Å²) in [5.74, 6) is 0. The van der Waals surface area contributed by atoms with Crippen molar-refractivity contribution in [2.75, 3.05) is 27.4 Å². The van der Waals surface area contributed by atoms with Crippen LogP contribution in [0.15, 0.2) is 0 Å². The first-order chi connectivity index (χ1) is 28.0. The summed E-state index contributed by atoms with van der Waals surface area (Å²) in [4.78, 5) is 13.2. The molecule has 0 saturated carbocycles. The van der Waals surface area contributed by atoms with Crippen LogP contribution >= 0.6 is 7.82 Å². The van der Waals surface area contributed by atoms with Gasteiger partial charge in [-0.1, -0.05) is 83.3 Å². The normalized spacial score (nSPS) is 52.0. The van der Waals surface area contributed by atoms with Crippen LogP contribution in [0.3, 0.4) is 0 Å². The summed E-state index contributed by atoms with van der Waals surface area (Å²) >= 11 is 0. The zero-order valence-electron chi connectivity index (χ0n) is 54.1. The number of hydrogen-bond acceptors (Lipinski definition) is 3. The first-order valence-electron chi connectivity index (χ1n) is 26.5. The second-order valence-corrected chi connectivity index (χ2v) is 4.42. The van der Waals surface area contributed by atoms with E-state index in [0.29, 0.717) is 0 Å². The summed E-state index contributed by atoms with van der Waals surface area (Å²) in [7, 11) is -6.88. The van der Waals surface area contributed by atoms with Crippen LogP contribution in [0.1, 0.15) is 146 Å². The van der Waals surface area contributed by atoms with E-state index in [2.05, 4.69) is 9.42 Å². The maximum absolute atomic E-state index is 12.6. The average molecular weight is 423 g/mol. The van der Waals surface area contributed by atoms with E-state index >= 15 is 0 Å². The van der Waals surface area contributed by atoms with Gasteiger partial charge >= 0.3 is 7.82 Å². The Morgan fingerprint density at radius 1 is 1.04 bits per heavy atom. The zero-order chi connectivity index (χ0) is 55.9. The van der Waals surface area contributed by atoms with Crippen molar-refractivity contribution in [3.05, 3.63) is 0 Å². The third kappa shape index (κ3) is 20.2. The molecule has 0 amide bonds. The molecule has 0 aromatic carbocycles. The molecule has 0 aromatic heterocycles. The fraction of sp³-hybridized carbons (Fsp3) is 1.00. The SMILES string of the molecule is [2H]OP(=O)(O)OC([2H])(C([2H])([2H])C([2H])([2H])C([2H])([2H])C([2H])([2H])C([2H])([2H])C([2H])([2H])C([2H])([2H])C([2H])([2H])C([2H])([2H])C([2H])([2H])C([2H])([2H])C([2H])([2H])C([2H])([2H])C([2H])([2H])[2H])C([2H])([2H])[N+](C([2H])([2H])[2H])(C([2H])([2H])[2H])C([2H])([2H])[2H]. The fourth-order valence-corrected chi connectivity index (χ4v) is 1.06. The molecule has 0 heterocycles. The second kappa shape index (κ2) is 14.2. The Hall–Kier alpha value is 0.0700. The number of phosphoric ester groups is 1. The highest BCUT2D eigenvalue weighted by atomic mass is 31.2. The van der Waals surface area contributed by atoms with E-state index in [9.17, 15) is 9.46 Å². The molecule has 0 fully saturated rings. The van der Waals surface area contributed by atoms with Crippen LogP contribution in [-0.2, 0) is 9.09 Å². The number of quaternary nitrogens is 1. The highest BCUT2D eigenvalue weighted by molar-refractivity contribution is 7.46. The van der Waals surface area contributed by atoms with E-state index in [-0.39, 0.29) is 0 Å². The van der Waals surface area contributed by atoms with Crippen molar-refractivity contribution < 1.29 is 79.6 Å². The van der Waals surface area contributed by atoms with Crippen molar-refractivity contribution in [3.63, 3.8) is 0 Å². The molecule has 0 aliphatic heterocycles. The lowest BCUT2D eigenvalue weighted by atomic mass is 10.0. The molecule has 2 N–H and O–H groups in total. The number of rotatable bonds is 18. The number of nitrogens with zero attached hydrogens (tertiary/aromatic N) is 1. The van der Waals surface area contributed by atoms with Crippen LogP contribution in [0, 0.1) is 0 Å². The lowest BCUT2D eigenvalue weighted by Crippen LogP contribution is -2.42. The summed E-state index contributed by atoms with van der Waals surface area (Å²) < 4.78 is 350. The van der Waals surface area contributed by atoms with Crippen LogP contribution in [0.5, 0.6) is 0 Å². The highest BCUT2D eigenvalue weighted by Crippen LogP contribution is 2.39. The smallest absolute Gasteiger partial charge is 0.329 e. The molecule has 2 unspecified atom stereocenters. The van der Waals surface area contributed by atoms with Gasteiger partial charge in [0.1, 0.15) is 12.6 Å². The van der Waals surface area contributed by atoms with Crippen molar-refractivity contribution in [1.82, 2.24) is 0 Å². The summed E-state index contributed by atoms with van der Waals surface area (Å²) in [5, 5.41) is 0. The van der Waals surface area contributed by atoms with Gasteiger partial charge in [-0.15, -0.1) is 0 Å². The van der Waals surface area contributed by atoms with Crippen LogP contribution in [-0.4, -0.2) is 49.2 Å². The van der Waals surface area contributed by atoms with Gasteiger partial charge in [-0.2, -0.15) is 0 Å². The number of phosphoric acid groups is 1. The molecule has 0 spiro atoms. The Kier molecular flexibility index (Phi) is 1.89. The highest BCUT2D eigenvalue weighted by Gasteiger charge is 2.26. The maximum atomic E-state index is 12.6. The molecule has 6 heteroatoms. The first-order valence-corrected chi connectivity index (χ1v) is 7.09. The molecule has 0 radical (unpaired) electrons. The second-order valence-electron chi connectivity index (χ2n) is 3.30. The van der Waals surface area contributed by atoms with Crippen molar-refractivity contribution in [3.8, 4) is 0 Å². The third-order valence-corrected chi connectivity index (χ3v) is 1.75. The molecule has 0 aromatic rings. The predicted octanol–water partition coefficient (Wildman–Crippen LogP) is 5.26. The standard InChI is InChI=1S/C19H42NO4P/c1-5-6-7-8-9-10-11-12-13-14-15-16-17-19(18-20(2,3)4)24-25(21,22)23/h19H,5-18H2,1-4H3,(H-,21,22,23)/p+1/i1D3,2D3,3D3,4D3,5D2,6D2,7D2,8D2,9D2,10D2,11D2,12D2,13D2,14D2,15D2,16D2,17D2,18D2,19D/hD. The van der Waals surface area contributed by atoms with Gasteiger partial charge in [-0.25, -0.2) is 4.57 Å². The molecule has 152 valence electrons. The molecule has 0 rings (SSSR count). The largest absolute Gasteiger partial charge is 0.470 e. The minimum absolute atomic E-state index is 3.18. The van der Waals surface area contributed by atoms with Gasteiger partial charge in [-0.3, -0.25) is 4.52 Å². The van der Waals surface area contributed by atoms with Gasteiger partial charge < -0.3 is 14.3 Å². The van der Waals surface area contributed by atoms with E-state index in [1.807, 2.05) is 0 Å². The van der Waals surface area contributed by atoms with Gasteiger partial charge in [0, 0.05) is 39.8 Å². The molecular weight excluding hydrogens is 337 g/mol. The van der Waals surface area contributed by atoms with E-state index in [0.717, 1.165) is 0 Å². The van der Waals surface area contributed by atoms with Crippen molar-refractivity contribution in [2.24, 2.45) is 0 Å².